The summed E-state index contributed by atoms with van der Waals surface area (Å²) in [6, 6.07) is 9.36. The quantitative estimate of drug-likeness (QED) is 0.468. The lowest BCUT2D eigenvalue weighted by Gasteiger charge is -2.34. The van der Waals surface area contributed by atoms with Gasteiger partial charge in [-0.15, -0.1) is 0 Å². The largest absolute Gasteiger partial charge is 0.357 e. The van der Waals surface area contributed by atoms with Crippen LogP contribution >= 0.6 is 0 Å². The zero-order chi connectivity index (χ0) is 21.9. The Hall–Kier alpha value is -1.63. The third-order valence-electron chi connectivity index (χ3n) is 6.64. The van der Waals surface area contributed by atoms with Crippen molar-refractivity contribution >= 4 is 5.96 Å². The number of aliphatic imine (C=N–C) groups is 1. The van der Waals surface area contributed by atoms with E-state index in [1.54, 1.807) is 0 Å². The summed E-state index contributed by atoms with van der Waals surface area (Å²) in [7, 11) is 0. The molecule has 0 aliphatic carbocycles. The van der Waals surface area contributed by atoms with Gasteiger partial charge in [-0.2, -0.15) is 0 Å². The number of guanidine groups is 1. The van der Waals surface area contributed by atoms with Crippen molar-refractivity contribution in [3.8, 4) is 0 Å². The van der Waals surface area contributed by atoms with Crippen LogP contribution in [0.5, 0.6) is 0 Å². The highest BCUT2D eigenvalue weighted by Gasteiger charge is 2.20. The standard InChI is InChI=1S/C25H44N6/c1-4-13-30-14-11-24(12-15-30)28-25(26-5-2)27-20-22-9-7-8-10-23(22)21-31-18-16-29(6-3)17-19-31/h7-10,24H,4-6,11-21H2,1-3H3,(H2,26,27,28). The van der Waals surface area contributed by atoms with Gasteiger partial charge in [0.15, 0.2) is 5.96 Å². The Kier molecular flexibility index (Phi) is 10.1. The molecule has 6 heteroatoms. The number of piperidine rings is 1. The fraction of sp³-hybridized carbons (Fsp3) is 0.720. The van der Waals surface area contributed by atoms with E-state index in [1.807, 2.05) is 0 Å². The van der Waals surface area contributed by atoms with Crippen molar-refractivity contribution in [3.63, 3.8) is 0 Å². The van der Waals surface area contributed by atoms with E-state index >= 15 is 0 Å². The maximum Gasteiger partial charge on any atom is 0.191 e. The Morgan fingerprint density at radius 2 is 1.58 bits per heavy atom. The van der Waals surface area contributed by atoms with Crippen molar-refractivity contribution in [1.29, 1.82) is 0 Å². The van der Waals surface area contributed by atoms with E-state index in [-0.39, 0.29) is 0 Å². The van der Waals surface area contributed by atoms with Crippen LogP contribution in [0.3, 0.4) is 0 Å². The van der Waals surface area contributed by atoms with Gasteiger partial charge in [-0.05, 0) is 50.4 Å². The van der Waals surface area contributed by atoms with Gasteiger partial charge in [0.05, 0.1) is 6.54 Å². The lowest BCUT2D eigenvalue weighted by Crippen LogP contribution is -2.48. The fourth-order valence-electron chi connectivity index (χ4n) is 4.67. The second-order valence-corrected chi connectivity index (χ2v) is 8.93. The van der Waals surface area contributed by atoms with Gasteiger partial charge < -0.3 is 20.4 Å². The number of nitrogens with zero attached hydrogens (tertiary/aromatic N) is 4. The Balaban J connectivity index is 1.56. The van der Waals surface area contributed by atoms with Crippen molar-refractivity contribution in [2.24, 2.45) is 4.99 Å². The van der Waals surface area contributed by atoms with Crippen molar-refractivity contribution in [2.75, 3.05) is 58.9 Å². The van der Waals surface area contributed by atoms with E-state index in [4.69, 9.17) is 4.99 Å². The topological polar surface area (TPSA) is 46.1 Å². The highest BCUT2D eigenvalue weighted by molar-refractivity contribution is 5.80. The van der Waals surface area contributed by atoms with Crippen LogP contribution in [-0.2, 0) is 13.1 Å². The normalized spacial score (nSPS) is 20.2. The van der Waals surface area contributed by atoms with Crippen LogP contribution in [-0.4, -0.2) is 85.6 Å². The van der Waals surface area contributed by atoms with Gasteiger partial charge in [-0.1, -0.05) is 38.1 Å². The predicted octanol–water partition coefficient (Wildman–Crippen LogP) is 2.75. The molecule has 2 aliphatic heterocycles. The second-order valence-electron chi connectivity index (χ2n) is 8.93. The third-order valence-corrected chi connectivity index (χ3v) is 6.64. The molecule has 0 aromatic heterocycles. The number of likely N-dealkylation sites (N-methyl/N-ethyl adjacent to an activating group) is 1. The minimum absolute atomic E-state index is 0.524. The summed E-state index contributed by atoms with van der Waals surface area (Å²) >= 11 is 0. The smallest absolute Gasteiger partial charge is 0.191 e. The molecule has 0 unspecified atom stereocenters. The van der Waals surface area contributed by atoms with Crippen LogP contribution in [0, 0.1) is 0 Å². The highest BCUT2D eigenvalue weighted by Crippen LogP contribution is 2.15. The summed E-state index contributed by atoms with van der Waals surface area (Å²) in [5.74, 6) is 0.961. The van der Waals surface area contributed by atoms with Gasteiger partial charge >= 0.3 is 0 Å². The zero-order valence-electron chi connectivity index (χ0n) is 20.1. The van der Waals surface area contributed by atoms with Gasteiger partial charge in [0.25, 0.3) is 0 Å². The van der Waals surface area contributed by atoms with Crippen molar-refractivity contribution in [3.05, 3.63) is 35.4 Å². The molecule has 3 rings (SSSR count). The molecule has 0 spiro atoms. The van der Waals surface area contributed by atoms with E-state index in [0.29, 0.717) is 6.04 Å². The number of hydrogen-bond acceptors (Lipinski definition) is 4. The molecule has 0 bridgehead atoms. The lowest BCUT2D eigenvalue weighted by atomic mass is 10.1. The summed E-state index contributed by atoms with van der Waals surface area (Å²) in [6.07, 6.45) is 3.64. The van der Waals surface area contributed by atoms with Crippen LogP contribution in [0.15, 0.2) is 29.3 Å². The van der Waals surface area contributed by atoms with Crippen LogP contribution in [0.1, 0.15) is 51.2 Å². The molecular weight excluding hydrogens is 384 g/mol. The van der Waals surface area contributed by atoms with E-state index < -0.39 is 0 Å². The third kappa shape index (κ3) is 7.78. The van der Waals surface area contributed by atoms with Crippen LogP contribution in [0.25, 0.3) is 0 Å². The van der Waals surface area contributed by atoms with Crippen molar-refractivity contribution in [2.45, 2.75) is 59.2 Å². The summed E-state index contributed by atoms with van der Waals surface area (Å²) in [6.45, 7) is 18.8. The molecule has 2 heterocycles. The molecule has 2 fully saturated rings. The Morgan fingerprint density at radius 1 is 0.903 bits per heavy atom. The van der Waals surface area contributed by atoms with Crippen molar-refractivity contribution < 1.29 is 0 Å². The van der Waals surface area contributed by atoms with Gasteiger partial charge in [0.2, 0.25) is 0 Å². The molecule has 0 atom stereocenters. The van der Waals surface area contributed by atoms with E-state index in [1.165, 1.54) is 63.1 Å². The number of piperazine rings is 1. The maximum atomic E-state index is 4.97. The Labute approximate surface area is 190 Å². The number of hydrogen-bond donors (Lipinski definition) is 2. The molecule has 0 saturated carbocycles. The summed E-state index contributed by atoms with van der Waals surface area (Å²) in [5.41, 5.74) is 2.76. The predicted molar refractivity (Wildman–Crippen MR) is 132 cm³/mol. The zero-order valence-corrected chi connectivity index (χ0v) is 20.1. The maximum absolute atomic E-state index is 4.97. The van der Waals surface area contributed by atoms with Gasteiger partial charge in [0.1, 0.15) is 0 Å². The molecule has 1 aromatic carbocycles. The molecule has 0 amide bonds. The van der Waals surface area contributed by atoms with Gasteiger partial charge in [-0.3, -0.25) is 4.90 Å². The van der Waals surface area contributed by atoms with E-state index in [9.17, 15) is 0 Å². The SMILES string of the molecule is CCCN1CCC(NC(=NCc2ccccc2CN2CCN(CC)CC2)NCC)CC1. The average molecular weight is 429 g/mol. The summed E-state index contributed by atoms with van der Waals surface area (Å²) in [5, 5.41) is 7.16. The lowest BCUT2D eigenvalue weighted by molar-refractivity contribution is 0.131. The molecule has 0 radical (unpaired) electrons. The first-order valence-corrected chi connectivity index (χ1v) is 12.5. The monoisotopic (exact) mass is 428 g/mol. The molecule has 2 N–H and O–H groups in total. The van der Waals surface area contributed by atoms with Gasteiger partial charge in [0, 0.05) is 58.4 Å². The molecular formula is C25H44N6. The molecule has 2 aliphatic rings. The first kappa shape index (κ1) is 24.0. The number of nitrogens with one attached hydrogen (secondary N) is 2. The first-order valence-electron chi connectivity index (χ1n) is 12.5. The van der Waals surface area contributed by atoms with Gasteiger partial charge in [-0.25, -0.2) is 4.99 Å². The Morgan fingerprint density at radius 3 is 2.23 bits per heavy atom. The van der Waals surface area contributed by atoms with Crippen LogP contribution < -0.4 is 10.6 Å². The summed E-state index contributed by atoms with van der Waals surface area (Å²) in [4.78, 5) is 12.7. The molecule has 6 nitrogen and oxygen atoms in total. The molecule has 31 heavy (non-hydrogen) atoms. The highest BCUT2D eigenvalue weighted by atomic mass is 15.3. The van der Waals surface area contributed by atoms with E-state index in [2.05, 4.69) is 70.4 Å². The molecule has 1 aromatic rings. The fourth-order valence-corrected chi connectivity index (χ4v) is 4.67. The first-order chi connectivity index (χ1) is 15.2. The number of benzene rings is 1. The number of likely N-dealkylation sites (tertiary alicyclic amines) is 1. The minimum atomic E-state index is 0.524. The number of rotatable bonds is 9. The average Bonchev–Trinajstić information content (AvgIpc) is 2.80. The second kappa shape index (κ2) is 13.0. The van der Waals surface area contributed by atoms with Crippen LogP contribution in [0.4, 0.5) is 0 Å². The van der Waals surface area contributed by atoms with Crippen molar-refractivity contribution in [1.82, 2.24) is 25.3 Å². The molecule has 2 saturated heterocycles. The van der Waals surface area contributed by atoms with E-state index in [0.717, 1.165) is 45.2 Å². The minimum Gasteiger partial charge on any atom is -0.357 e. The molecule has 174 valence electrons. The summed E-state index contributed by atoms with van der Waals surface area (Å²) < 4.78 is 0. The Bertz CT molecular complexity index is 660. The van der Waals surface area contributed by atoms with Crippen LogP contribution in [0.2, 0.25) is 0 Å².